The van der Waals surface area contributed by atoms with Crippen LogP contribution in [0.2, 0.25) is 0 Å². The molecule has 0 radical (unpaired) electrons. The van der Waals surface area contributed by atoms with Crippen molar-refractivity contribution in [2.45, 2.75) is 45.6 Å². The molecule has 0 aromatic carbocycles. The third kappa shape index (κ3) is 2.62. The summed E-state index contributed by atoms with van der Waals surface area (Å²) in [4.78, 5) is 7.21. The van der Waals surface area contributed by atoms with E-state index in [-0.39, 0.29) is 6.04 Å². The summed E-state index contributed by atoms with van der Waals surface area (Å²) in [5.74, 6) is 3.04. The molecule has 1 saturated heterocycles. The molecule has 1 aromatic rings. The van der Waals surface area contributed by atoms with Gasteiger partial charge in [0.1, 0.15) is 5.82 Å². The SMILES string of the molecule is Cc1cc(CC(C)N)cnc1N1CC2CCCC2C1. The van der Waals surface area contributed by atoms with Crippen LogP contribution in [-0.2, 0) is 6.42 Å². The fourth-order valence-electron chi connectivity index (χ4n) is 3.85. The van der Waals surface area contributed by atoms with Crippen LogP contribution in [0.5, 0.6) is 0 Å². The van der Waals surface area contributed by atoms with Crippen LogP contribution in [0.15, 0.2) is 12.3 Å². The van der Waals surface area contributed by atoms with Crippen LogP contribution in [0.1, 0.15) is 37.3 Å². The van der Waals surface area contributed by atoms with Crippen molar-refractivity contribution in [3.8, 4) is 0 Å². The Hall–Kier alpha value is -1.09. The second-order valence-corrected chi connectivity index (χ2v) is 6.52. The predicted molar refractivity (Wildman–Crippen MR) is 79.4 cm³/mol. The van der Waals surface area contributed by atoms with Gasteiger partial charge in [-0.1, -0.05) is 12.5 Å². The van der Waals surface area contributed by atoms with Crippen LogP contribution in [0.25, 0.3) is 0 Å². The zero-order chi connectivity index (χ0) is 13.4. The van der Waals surface area contributed by atoms with Crippen molar-refractivity contribution in [2.75, 3.05) is 18.0 Å². The maximum atomic E-state index is 5.86. The Morgan fingerprint density at radius 2 is 2.05 bits per heavy atom. The molecule has 0 bridgehead atoms. The number of anilines is 1. The number of aromatic nitrogens is 1. The largest absolute Gasteiger partial charge is 0.356 e. The van der Waals surface area contributed by atoms with Crippen LogP contribution < -0.4 is 10.6 Å². The number of aryl methyl sites for hydroxylation is 1. The van der Waals surface area contributed by atoms with Crippen molar-refractivity contribution in [3.05, 3.63) is 23.4 Å². The molecule has 2 heterocycles. The van der Waals surface area contributed by atoms with Gasteiger partial charge in [-0.15, -0.1) is 0 Å². The maximum Gasteiger partial charge on any atom is 0.131 e. The summed E-state index contributed by atoms with van der Waals surface area (Å²) < 4.78 is 0. The molecule has 1 aromatic heterocycles. The Bertz CT molecular complexity index is 443. The molecule has 3 atom stereocenters. The average Bonchev–Trinajstić information content (AvgIpc) is 2.88. The van der Waals surface area contributed by atoms with Crippen molar-refractivity contribution in [1.82, 2.24) is 4.98 Å². The van der Waals surface area contributed by atoms with E-state index in [1.54, 1.807) is 0 Å². The lowest BCUT2D eigenvalue weighted by atomic mass is 10.0. The molecule has 1 aliphatic carbocycles. The summed E-state index contributed by atoms with van der Waals surface area (Å²) in [6, 6.07) is 2.47. The Morgan fingerprint density at radius 3 is 2.63 bits per heavy atom. The Kier molecular flexibility index (Phi) is 3.48. The first-order chi connectivity index (χ1) is 9.13. The minimum absolute atomic E-state index is 0.207. The van der Waals surface area contributed by atoms with E-state index in [2.05, 4.69) is 17.9 Å². The molecule has 3 rings (SSSR count). The monoisotopic (exact) mass is 259 g/mol. The highest BCUT2D eigenvalue weighted by Crippen LogP contribution is 2.39. The predicted octanol–water partition coefficient (Wildman–Crippen LogP) is 2.52. The molecule has 0 spiro atoms. The molecule has 2 N–H and O–H groups in total. The third-order valence-electron chi connectivity index (χ3n) is 4.69. The number of hydrogen-bond donors (Lipinski definition) is 1. The van der Waals surface area contributed by atoms with Crippen LogP contribution in [0, 0.1) is 18.8 Å². The van der Waals surface area contributed by atoms with Crippen molar-refractivity contribution in [3.63, 3.8) is 0 Å². The van der Waals surface area contributed by atoms with E-state index in [1.165, 1.54) is 49.3 Å². The van der Waals surface area contributed by atoms with Gasteiger partial charge in [-0.2, -0.15) is 0 Å². The molecular weight excluding hydrogens is 234 g/mol. The van der Waals surface area contributed by atoms with Gasteiger partial charge in [-0.25, -0.2) is 4.98 Å². The van der Waals surface area contributed by atoms with E-state index in [1.807, 2.05) is 13.1 Å². The molecule has 2 fully saturated rings. The topological polar surface area (TPSA) is 42.1 Å². The molecule has 104 valence electrons. The van der Waals surface area contributed by atoms with E-state index in [0.29, 0.717) is 0 Å². The summed E-state index contributed by atoms with van der Waals surface area (Å²) >= 11 is 0. The molecular formula is C16H25N3. The molecule has 0 amide bonds. The highest BCUT2D eigenvalue weighted by Gasteiger charge is 2.36. The normalized spacial score (nSPS) is 27.6. The smallest absolute Gasteiger partial charge is 0.131 e. The Balaban J connectivity index is 1.75. The summed E-state index contributed by atoms with van der Waals surface area (Å²) in [7, 11) is 0. The summed E-state index contributed by atoms with van der Waals surface area (Å²) in [6.45, 7) is 6.66. The minimum atomic E-state index is 0.207. The molecule has 3 nitrogen and oxygen atoms in total. The van der Waals surface area contributed by atoms with E-state index in [0.717, 1.165) is 18.3 Å². The zero-order valence-corrected chi connectivity index (χ0v) is 12.1. The first-order valence-corrected chi connectivity index (χ1v) is 7.59. The lowest BCUT2D eigenvalue weighted by molar-refractivity contribution is 0.494. The second kappa shape index (κ2) is 5.12. The number of hydrogen-bond acceptors (Lipinski definition) is 3. The third-order valence-corrected chi connectivity index (χ3v) is 4.69. The van der Waals surface area contributed by atoms with E-state index < -0.39 is 0 Å². The maximum absolute atomic E-state index is 5.86. The van der Waals surface area contributed by atoms with Gasteiger partial charge >= 0.3 is 0 Å². The Morgan fingerprint density at radius 1 is 1.37 bits per heavy atom. The van der Waals surface area contributed by atoms with Crippen molar-refractivity contribution in [1.29, 1.82) is 0 Å². The molecule has 2 aliphatic rings. The number of rotatable bonds is 3. The molecule has 3 heteroatoms. The van der Waals surface area contributed by atoms with Crippen molar-refractivity contribution in [2.24, 2.45) is 17.6 Å². The quantitative estimate of drug-likeness (QED) is 0.907. The van der Waals surface area contributed by atoms with E-state index in [4.69, 9.17) is 10.7 Å². The van der Waals surface area contributed by atoms with Gasteiger partial charge in [-0.05, 0) is 56.1 Å². The van der Waals surface area contributed by atoms with Gasteiger partial charge in [0.15, 0.2) is 0 Å². The van der Waals surface area contributed by atoms with Gasteiger partial charge in [0.25, 0.3) is 0 Å². The van der Waals surface area contributed by atoms with Gasteiger partial charge in [-0.3, -0.25) is 0 Å². The van der Waals surface area contributed by atoms with Gasteiger partial charge in [0.2, 0.25) is 0 Å². The highest BCUT2D eigenvalue weighted by molar-refractivity contribution is 5.48. The van der Waals surface area contributed by atoms with Crippen molar-refractivity contribution < 1.29 is 0 Å². The minimum Gasteiger partial charge on any atom is -0.356 e. The number of nitrogens with zero attached hydrogens (tertiary/aromatic N) is 2. The van der Waals surface area contributed by atoms with Crippen molar-refractivity contribution >= 4 is 5.82 Å². The molecule has 19 heavy (non-hydrogen) atoms. The van der Waals surface area contributed by atoms with Gasteiger partial charge in [0.05, 0.1) is 0 Å². The molecule has 1 saturated carbocycles. The summed E-state index contributed by atoms with van der Waals surface area (Å²) in [6.07, 6.45) is 7.20. The second-order valence-electron chi connectivity index (χ2n) is 6.52. The summed E-state index contributed by atoms with van der Waals surface area (Å²) in [5.41, 5.74) is 8.42. The first-order valence-electron chi connectivity index (χ1n) is 7.59. The molecule has 1 aliphatic heterocycles. The zero-order valence-electron chi connectivity index (χ0n) is 12.1. The van der Waals surface area contributed by atoms with Crippen LogP contribution in [0.4, 0.5) is 5.82 Å². The van der Waals surface area contributed by atoms with E-state index in [9.17, 15) is 0 Å². The average molecular weight is 259 g/mol. The van der Waals surface area contributed by atoms with Gasteiger partial charge in [0, 0.05) is 25.3 Å². The van der Waals surface area contributed by atoms with Gasteiger partial charge < -0.3 is 10.6 Å². The lowest BCUT2D eigenvalue weighted by Gasteiger charge is -2.21. The van der Waals surface area contributed by atoms with Crippen LogP contribution >= 0.6 is 0 Å². The Labute approximate surface area is 116 Å². The number of pyridine rings is 1. The lowest BCUT2D eigenvalue weighted by Crippen LogP contribution is -2.23. The first kappa shape index (κ1) is 12.9. The fourth-order valence-corrected chi connectivity index (χ4v) is 3.85. The van der Waals surface area contributed by atoms with Crippen LogP contribution in [-0.4, -0.2) is 24.1 Å². The standard InChI is InChI=1S/C16H25N3/c1-11-6-13(7-12(2)17)8-18-16(11)19-9-14-4-3-5-15(14)10-19/h6,8,12,14-15H,3-5,7,9-10,17H2,1-2H3. The summed E-state index contributed by atoms with van der Waals surface area (Å²) in [5, 5.41) is 0. The fraction of sp³-hybridized carbons (Fsp3) is 0.688. The van der Waals surface area contributed by atoms with E-state index >= 15 is 0 Å². The highest BCUT2D eigenvalue weighted by atomic mass is 15.2. The number of fused-ring (bicyclic) bond motifs is 1. The molecule has 3 unspecified atom stereocenters. The van der Waals surface area contributed by atoms with Crippen LogP contribution in [0.3, 0.4) is 0 Å². The number of nitrogens with two attached hydrogens (primary N) is 1.